The molecule has 0 fully saturated rings. The van der Waals surface area contributed by atoms with Crippen LogP contribution in [-0.4, -0.2) is 4.57 Å². The molecule has 0 saturated heterocycles. The highest BCUT2D eigenvalue weighted by Crippen LogP contribution is 2.47. The molecule has 0 aliphatic heterocycles. The molecule has 1 nitrogen and oxygen atoms in total. The van der Waals surface area contributed by atoms with Crippen LogP contribution in [0.15, 0.2) is 231 Å². The number of fused-ring (bicyclic) bond motifs is 5. The van der Waals surface area contributed by atoms with Crippen LogP contribution in [0.1, 0.15) is 18.1 Å². The minimum atomic E-state index is 0.946. The van der Waals surface area contributed by atoms with Gasteiger partial charge in [0.15, 0.2) is 0 Å². The second-order valence-electron chi connectivity index (χ2n) is 18.1. The van der Waals surface area contributed by atoms with Crippen molar-refractivity contribution in [3.63, 3.8) is 0 Å². The second-order valence-corrected chi connectivity index (χ2v) is 18.1. The highest BCUT2D eigenvalue weighted by molar-refractivity contribution is 6.22. The van der Waals surface area contributed by atoms with E-state index in [2.05, 4.69) is 256 Å². The monoisotopic (exact) mass is 855 g/mol. The van der Waals surface area contributed by atoms with Crippen molar-refractivity contribution in [1.29, 1.82) is 0 Å². The molecule has 67 heavy (non-hydrogen) atoms. The lowest BCUT2D eigenvalue weighted by Crippen LogP contribution is -1.93. The van der Waals surface area contributed by atoms with E-state index in [4.69, 9.17) is 0 Å². The molecule has 0 spiro atoms. The van der Waals surface area contributed by atoms with Crippen LogP contribution in [0.25, 0.3) is 121 Å². The number of aromatic nitrogens is 1. The fourth-order valence-corrected chi connectivity index (χ4v) is 10.6. The SMILES string of the molecule is CCn1c2ccccc2c2cc(-c3ccc(-c4ccc(-c5c6ccc(-c7cccc(C)c7)cc6c(-c6ccc(-c7ccccc7)cc6)c6ccc(-c7cccc(C)c7)cc56)cc4)cc3)ccc21. The van der Waals surface area contributed by atoms with Crippen LogP contribution in [-0.2, 0) is 6.54 Å². The van der Waals surface area contributed by atoms with Gasteiger partial charge in [0.05, 0.1) is 0 Å². The summed E-state index contributed by atoms with van der Waals surface area (Å²) in [5.74, 6) is 0. The van der Waals surface area contributed by atoms with Crippen LogP contribution in [0.2, 0.25) is 0 Å². The van der Waals surface area contributed by atoms with E-state index in [1.165, 1.54) is 132 Å². The smallest absolute Gasteiger partial charge is 0.0491 e. The lowest BCUT2D eigenvalue weighted by Gasteiger charge is -2.20. The summed E-state index contributed by atoms with van der Waals surface area (Å²) in [4.78, 5) is 0. The van der Waals surface area contributed by atoms with E-state index in [9.17, 15) is 0 Å². The summed E-state index contributed by atoms with van der Waals surface area (Å²) < 4.78 is 2.41. The zero-order valence-corrected chi connectivity index (χ0v) is 38.1. The lowest BCUT2D eigenvalue weighted by atomic mass is 9.83. The topological polar surface area (TPSA) is 4.93 Å². The Hall–Kier alpha value is -8.26. The average molecular weight is 856 g/mol. The van der Waals surface area contributed by atoms with Crippen LogP contribution in [0.4, 0.5) is 0 Å². The van der Waals surface area contributed by atoms with Crippen LogP contribution >= 0.6 is 0 Å². The maximum Gasteiger partial charge on any atom is 0.0491 e. The number of rotatable bonds is 8. The van der Waals surface area contributed by atoms with Crippen LogP contribution < -0.4 is 0 Å². The van der Waals surface area contributed by atoms with Crippen LogP contribution in [0.5, 0.6) is 0 Å². The number of benzene rings is 11. The molecule has 0 unspecified atom stereocenters. The molecule has 0 aliphatic rings. The zero-order valence-electron chi connectivity index (χ0n) is 38.1. The van der Waals surface area contributed by atoms with Crippen molar-refractivity contribution in [2.75, 3.05) is 0 Å². The van der Waals surface area contributed by atoms with Gasteiger partial charge in [-0.25, -0.2) is 0 Å². The number of para-hydroxylation sites is 1. The Bertz CT molecular complexity index is 3810. The van der Waals surface area contributed by atoms with Gasteiger partial charge in [0, 0.05) is 28.4 Å². The molecule has 0 aliphatic carbocycles. The molecule has 12 rings (SSSR count). The molecule has 0 atom stereocenters. The van der Waals surface area contributed by atoms with Gasteiger partial charge in [-0.2, -0.15) is 0 Å². The van der Waals surface area contributed by atoms with E-state index in [0.29, 0.717) is 0 Å². The Morgan fingerprint density at radius 1 is 0.254 bits per heavy atom. The molecule has 12 aromatic rings. The van der Waals surface area contributed by atoms with Gasteiger partial charge in [0.2, 0.25) is 0 Å². The van der Waals surface area contributed by atoms with Gasteiger partial charge in [-0.3, -0.25) is 0 Å². The van der Waals surface area contributed by atoms with Gasteiger partial charge >= 0.3 is 0 Å². The van der Waals surface area contributed by atoms with Crippen LogP contribution in [0.3, 0.4) is 0 Å². The number of hydrogen-bond acceptors (Lipinski definition) is 0. The quantitative estimate of drug-likeness (QED) is 0.134. The van der Waals surface area contributed by atoms with Crippen molar-refractivity contribution in [3.05, 3.63) is 242 Å². The lowest BCUT2D eigenvalue weighted by molar-refractivity contribution is 0.827. The molecule has 0 amide bonds. The Kier molecular flexibility index (Phi) is 9.99. The van der Waals surface area contributed by atoms with Crippen molar-refractivity contribution >= 4 is 43.4 Å². The first-order valence-corrected chi connectivity index (χ1v) is 23.5. The Morgan fingerprint density at radius 3 is 1.12 bits per heavy atom. The maximum atomic E-state index is 2.43. The fourth-order valence-electron chi connectivity index (χ4n) is 10.6. The third-order valence-corrected chi connectivity index (χ3v) is 13.9. The Morgan fingerprint density at radius 2 is 0.612 bits per heavy atom. The first kappa shape index (κ1) is 40.3. The molecule has 1 heterocycles. The van der Waals surface area contributed by atoms with E-state index in [1.807, 2.05) is 0 Å². The number of hydrogen-bond donors (Lipinski definition) is 0. The van der Waals surface area contributed by atoms with Crippen molar-refractivity contribution in [3.8, 4) is 77.9 Å². The molecule has 0 bridgehead atoms. The van der Waals surface area contributed by atoms with E-state index in [0.717, 1.165) is 6.54 Å². The molecule has 0 N–H and O–H groups in total. The van der Waals surface area contributed by atoms with Gasteiger partial charge in [-0.15, -0.1) is 0 Å². The second kappa shape index (κ2) is 16.6. The van der Waals surface area contributed by atoms with Crippen molar-refractivity contribution in [2.45, 2.75) is 27.3 Å². The first-order valence-electron chi connectivity index (χ1n) is 23.5. The van der Waals surface area contributed by atoms with E-state index >= 15 is 0 Å². The first-order chi connectivity index (χ1) is 33.0. The summed E-state index contributed by atoms with van der Waals surface area (Å²) in [5.41, 5.74) is 22.2. The fraction of sp³-hybridized carbons (Fsp3) is 0.0606. The molecule has 0 saturated carbocycles. The Labute approximate surface area is 392 Å². The third kappa shape index (κ3) is 7.21. The average Bonchev–Trinajstić information content (AvgIpc) is 3.71. The minimum Gasteiger partial charge on any atom is -0.341 e. The zero-order chi connectivity index (χ0) is 45.0. The minimum absolute atomic E-state index is 0.946. The van der Waals surface area contributed by atoms with Crippen molar-refractivity contribution in [1.82, 2.24) is 4.57 Å². The molecular weight excluding hydrogens is 807 g/mol. The summed E-state index contributed by atoms with van der Waals surface area (Å²) in [6.07, 6.45) is 0. The van der Waals surface area contributed by atoms with Gasteiger partial charge in [0.1, 0.15) is 0 Å². The highest BCUT2D eigenvalue weighted by Gasteiger charge is 2.20. The maximum absolute atomic E-state index is 2.43. The normalized spacial score (nSPS) is 11.6. The Balaban J connectivity index is 1.00. The van der Waals surface area contributed by atoms with Gasteiger partial charge in [-0.1, -0.05) is 211 Å². The van der Waals surface area contributed by atoms with Crippen molar-refractivity contribution in [2.24, 2.45) is 0 Å². The largest absolute Gasteiger partial charge is 0.341 e. The third-order valence-electron chi connectivity index (χ3n) is 13.9. The van der Waals surface area contributed by atoms with E-state index in [-0.39, 0.29) is 0 Å². The highest BCUT2D eigenvalue weighted by atomic mass is 15.0. The summed E-state index contributed by atoms with van der Waals surface area (Å²) in [6, 6.07) is 85.8. The molecule has 1 heteroatoms. The molecule has 0 radical (unpaired) electrons. The van der Waals surface area contributed by atoms with Crippen LogP contribution in [0, 0.1) is 13.8 Å². The van der Waals surface area contributed by atoms with Gasteiger partial charge in [0.25, 0.3) is 0 Å². The molecular formula is C66H49N. The van der Waals surface area contributed by atoms with Gasteiger partial charge in [-0.05, 0) is 151 Å². The standard InChI is InChI=1S/C66H49N/c1-4-67-63-19-9-8-18-57(63)60-40-54(34-37-64(60)67)49-22-20-47(21-23-49)48-26-30-51(31-27-48)66-59-36-33-55(52-16-10-12-43(2)38-52)41-61(59)65(50-28-24-46(25-29-50)45-14-6-5-7-15-45)58-35-32-56(42-62(58)66)53-17-11-13-44(3)39-53/h5-42H,4H2,1-3H3. The summed E-state index contributed by atoms with van der Waals surface area (Å²) in [6.45, 7) is 7.52. The number of nitrogens with zero attached hydrogens (tertiary/aromatic N) is 1. The molecule has 318 valence electrons. The van der Waals surface area contributed by atoms with E-state index < -0.39 is 0 Å². The summed E-state index contributed by atoms with van der Waals surface area (Å²) in [7, 11) is 0. The number of aryl methyl sites for hydroxylation is 3. The summed E-state index contributed by atoms with van der Waals surface area (Å²) >= 11 is 0. The van der Waals surface area contributed by atoms with Gasteiger partial charge < -0.3 is 4.57 Å². The summed E-state index contributed by atoms with van der Waals surface area (Å²) in [5, 5.41) is 7.58. The van der Waals surface area contributed by atoms with E-state index in [1.54, 1.807) is 0 Å². The predicted molar refractivity (Wildman–Crippen MR) is 288 cm³/mol. The molecule has 1 aromatic heterocycles. The van der Waals surface area contributed by atoms with Crippen molar-refractivity contribution < 1.29 is 0 Å². The molecule has 11 aromatic carbocycles. The predicted octanol–water partition coefficient (Wildman–Crippen LogP) is 18.4.